The van der Waals surface area contributed by atoms with E-state index >= 15 is 0 Å². The largest absolute Gasteiger partial charge is 0.313 e. The summed E-state index contributed by atoms with van der Waals surface area (Å²) in [5.41, 5.74) is 4.11. The van der Waals surface area contributed by atoms with Crippen molar-refractivity contribution in [2.75, 3.05) is 20.6 Å². The molecule has 1 aromatic carbocycles. The van der Waals surface area contributed by atoms with Crippen molar-refractivity contribution in [2.24, 2.45) is 5.92 Å². The van der Waals surface area contributed by atoms with E-state index in [2.05, 4.69) is 77.1 Å². The molecule has 0 spiro atoms. The molecule has 2 heteroatoms. The van der Waals surface area contributed by atoms with Gasteiger partial charge in [-0.2, -0.15) is 0 Å². The summed E-state index contributed by atoms with van der Waals surface area (Å²) >= 11 is 0. The molecule has 1 N–H and O–H groups in total. The van der Waals surface area contributed by atoms with Crippen LogP contribution < -0.4 is 5.32 Å². The molecule has 0 saturated carbocycles. The van der Waals surface area contributed by atoms with Crippen LogP contribution in [0, 0.1) is 19.8 Å². The molecule has 114 valence electrons. The summed E-state index contributed by atoms with van der Waals surface area (Å²) < 4.78 is 0. The van der Waals surface area contributed by atoms with E-state index in [0.29, 0.717) is 18.0 Å². The second kappa shape index (κ2) is 7.80. The van der Waals surface area contributed by atoms with Crippen molar-refractivity contribution in [1.29, 1.82) is 0 Å². The molecule has 1 rings (SSSR count). The number of nitrogens with zero attached hydrogens (tertiary/aromatic N) is 1. The Labute approximate surface area is 125 Å². The molecule has 2 nitrogen and oxygen atoms in total. The molecule has 0 radical (unpaired) electrons. The summed E-state index contributed by atoms with van der Waals surface area (Å²) in [7, 11) is 4.30. The fourth-order valence-electron chi connectivity index (χ4n) is 2.73. The van der Waals surface area contributed by atoms with E-state index in [1.807, 2.05) is 0 Å². The van der Waals surface area contributed by atoms with Crippen molar-refractivity contribution in [1.82, 2.24) is 10.2 Å². The quantitative estimate of drug-likeness (QED) is 0.811. The van der Waals surface area contributed by atoms with Gasteiger partial charge in [-0.25, -0.2) is 0 Å². The molecule has 1 aromatic rings. The van der Waals surface area contributed by atoms with Crippen molar-refractivity contribution in [3.8, 4) is 0 Å². The lowest BCUT2D eigenvalue weighted by molar-refractivity contribution is 0.199. The first kappa shape index (κ1) is 17.2. The Morgan fingerprint density at radius 1 is 1.05 bits per heavy atom. The highest BCUT2D eigenvalue weighted by Gasteiger charge is 2.16. The van der Waals surface area contributed by atoms with Gasteiger partial charge in [0, 0.05) is 12.1 Å². The molecule has 0 aliphatic rings. The molecular weight excluding hydrogens is 244 g/mol. The van der Waals surface area contributed by atoms with Crippen molar-refractivity contribution in [3.05, 3.63) is 34.9 Å². The maximum absolute atomic E-state index is 3.47. The zero-order chi connectivity index (χ0) is 15.3. The highest BCUT2D eigenvalue weighted by molar-refractivity contribution is 5.30. The molecular formula is C18H32N2. The minimum absolute atomic E-state index is 0.440. The van der Waals surface area contributed by atoms with E-state index < -0.39 is 0 Å². The number of hydrogen-bond donors (Lipinski definition) is 1. The molecule has 0 heterocycles. The lowest BCUT2D eigenvalue weighted by Gasteiger charge is -2.29. The van der Waals surface area contributed by atoms with Gasteiger partial charge in [-0.05, 0) is 59.3 Å². The van der Waals surface area contributed by atoms with E-state index in [1.54, 1.807) is 0 Å². The third-order valence-corrected chi connectivity index (χ3v) is 4.43. The molecule has 2 unspecified atom stereocenters. The van der Waals surface area contributed by atoms with Crippen molar-refractivity contribution < 1.29 is 0 Å². The fraction of sp³-hybridized carbons (Fsp3) is 0.667. The monoisotopic (exact) mass is 276 g/mol. The van der Waals surface area contributed by atoms with E-state index in [-0.39, 0.29) is 0 Å². The molecule has 20 heavy (non-hydrogen) atoms. The van der Waals surface area contributed by atoms with Crippen LogP contribution in [0.15, 0.2) is 18.2 Å². The van der Waals surface area contributed by atoms with Gasteiger partial charge in [0.2, 0.25) is 0 Å². The van der Waals surface area contributed by atoms with E-state index in [1.165, 1.54) is 16.7 Å². The second-order valence-electron chi connectivity index (χ2n) is 6.52. The predicted octanol–water partition coefficient (Wildman–Crippen LogP) is 3.93. The molecule has 0 amide bonds. The minimum Gasteiger partial charge on any atom is -0.313 e. The van der Waals surface area contributed by atoms with Gasteiger partial charge in [-0.15, -0.1) is 0 Å². The highest BCUT2D eigenvalue weighted by atomic mass is 15.1. The maximum atomic E-state index is 3.47. The van der Waals surface area contributed by atoms with Crippen LogP contribution in [0.3, 0.4) is 0 Å². The smallest absolute Gasteiger partial charge is 0.0329 e. The third-order valence-electron chi connectivity index (χ3n) is 4.43. The zero-order valence-corrected chi connectivity index (χ0v) is 14.3. The van der Waals surface area contributed by atoms with Crippen LogP contribution in [0.5, 0.6) is 0 Å². The Morgan fingerprint density at radius 2 is 1.60 bits per heavy atom. The molecule has 0 aliphatic heterocycles. The lowest BCUT2D eigenvalue weighted by atomic mass is 9.98. The van der Waals surface area contributed by atoms with E-state index in [0.717, 1.165) is 13.0 Å². The Kier molecular flexibility index (Phi) is 6.70. The average molecular weight is 276 g/mol. The maximum Gasteiger partial charge on any atom is 0.0329 e. The number of hydrogen-bond acceptors (Lipinski definition) is 2. The molecule has 2 atom stereocenters. The zero-order valence-electron chi connectivity index (χ0n) is 14.3. The Balaban J connectivity index is 2.68. The molecule has 0 fully saturated rings. The summed E-state index contributed by atoms with van der Waals surface area (Å²) in [6.07, 6.45) is 1.15. The van der Waals surface area contributed by atoms with Crippen molar-refractivity contribution in [3.63, 3.8) is 0 Å². The minimum atomic E-state index is 0.440. The van der Waals surface area contributed by atoms with Crippen LogP contribution in [0.2, 0.25) is 0 Å². The first-order valence-corrected chi connectivity index (χ1v) is 7.80. The van der Waals surface area contributed by atoms with Crippen LogP contribution in [0.25, 0.3) is 0 Å². The molecule has 0 saturated heterocycles. The van der Waals surface area contributed by atoms with Crippen molar-refractivity contribution >= 4 is 0 Å². The van der Waals surface area contributed by atoms with Gasteiger partial charge >= 0.3 is 0 Å². The van der Waals surface area contributed by atoms with Gasteiger partial charge in [0.1, 0.15) is 0 Å². The predicted molar refractivity (Wildman–Crippen MR) is 89.3 cm³/mol. The third kappa shape index (κ3) is 4.92. The van der Waals surface area contributed by atoms with Crippen LogP contribution in [0.1, 0.15) is 49.9 Å². The van der Waals surface area contributed by atoms with Crippen molar-refractivity contribution in [2.45, 2.75) is 53.1 Å². The Hall–Kier alpha value is -0.860. The molecule has 0 aromatic heterocycles. The summed E-state index contributed by atoms with van der Waals surface area (Å²) in [4.78, 5) is 2.47. The summed E-state index contributed by atoms with van der Waals surface area (Å²) in [5.74, 6) is 0.703. The van der Waals surface area contributed by atoms with E-state index in [9.17, 15) is 0 Å². The molecule has 0 aliphatic carbocycles. The summed E-state index contributed by atoms with van der Waals surface area (Å²) in [6.45, 7) is 12.4. The number of aryl methyl sites for hydroxylation is 2. The summed E-state index contributed by atoms with van der Waals surface area (Å²) in [6, 6.07) is 7.92. The van der Waals surface area contributed by atoms with Gasteiger partial charge in [0.05, 0.1) is 0 Å². The van der Waals surface area contributed by atoms with Crippen LogP contribution >= 0.6 is 0 Å². The van der Waals surface area contributed by atoms with E-state index in [4.69, 9.17) is 0 Å². The Morgan fingerprint density at radius 3 is 2.05 bits per heavy atom. The second-order valence-corrected chi connectivity index (χ2v) is 6.52. The van der Waals surface area contributed by atoms with Gasteiger partial charge in [0.15, 0.2) is 0 Å². The SMILES string of the molecule is CNC(CCN(C)C(C)C(C)C)c1cc(C)cc(C)c1. The molecule has 0 bridgehead atoms. The number of rotatable bonds is 7. The first-order chi connectivity index (χ1) is 9.35. The standard InChI is InChI=1S/C18H32N2/c1-13(2)16(5)20(7)9-8-18(19-6)17-11-14(3)10-15(4)12-17/h10-13,16,18-19H,8-9H2,1-7H3. The average Bonchev–Trinajstić information content (AvgIpc) is 2.37. The number of nitrogens with one attached hydrogen (secondary N) is 1. The van der Waals surface area contributed by atoms with Gasteiger partial charge in [-0.1, -0.05) is 43.2 Å². The van der Waals surface area contributed by atoms with Gasteiger partial charge in [0.25, 0.3) is 0 Å². The lowest BCUT2D eigenvalue weighted by Crippen LogP contribution is -2.35. The topological polar surface area (TPSA) is 15.3 Å². The van der Waals surface area contributed by atoms with Gasteiger partial charge < -0.3 is 10.2 Å². The normalized spacial score (nSPS) is 14.8. The Bertz CT molecular complexity index is 392. The van der Waals surface area contributed by atoms with Gasteiger partial charge in [-0.3, -0.25) is 0 Å². The first-order valence-electron chi connectivity index (χ1n) is 7.80. The van der Waals surface area contributed by atoms with Crippen LogP contribution in [-0.4, -0.2) is 31.6 Å². The summed E-state index contributed by atoms with van der Waals surface area (Å²) in [5, 5.41) is 3.47. The highest BCUT2D eigenvalue weighted by Crippen LogP contribution is 2.20. The van der Waals surface area contributed by atoms with Crippen LogP contribution in [-0.2, 0) is 0 Å². The van der Waals surface area contributed by atoms with Crippen LogP contribution in [0.4, 0.5) is 0 Å². The fourth-order valence-corrected chi connectivity index (χ4v) is 2.73. The number of benzene rings is 1.